The molecule has 0 amide bonds. The molecule has 1 aliphatic heterocycles. The Morgan fingerprint density at radius 1 is 1.35 bits per heavy atom. The van der Waals surface area contributed by atoms with E-state index in [9.17, 15) is 9.18 Å². The van der Waals surface area contributed by atoms with Crippen molar-refractivity contribution in [3.05, 3.63) is 34.6 Å². The maximum atomic E-state index is 14.1. The van der Waals surface area contributed by atoms with E-state index < -0.39 is 0 Å². The van der Waals surface area contributed by atoms with Crippen molar-refractivity contribution in [2.24, 2.45) is 0 Å². The molecule has 1 aromatic rings. The van der Waals surface area contributed by atoms with E-state index in [-0.39, 0.29) is 17.2 Å². The number of benzene rings is 1. The van der Waals surface area contributed by atoms with Crippen LogP contribution < -0.4 is 5.32 Å². The fourth-order valence-corrected chi connectivity index (χ4v) is 2.92. The second-order valence-electron chi connectivity index (χ2n) is 5.89. The number of nitrogens with one attached hydrogen (secondary N) is 1. The zero-order valence-electron chi connectivity index (χ0n) is 11.9. The van der Waals surface area contributed by atoms with Crippen molar-refractivity contribution in [2.75, 3.05) is 26.2 Å². The van der Waals surface area contributed by atoms with E-state index >= 15 is 0 Å². The number of carbonyl (C=O) groups is 1. The van der Waals surface area contributed by atoms with Gasteiger partial charge in [-0.1, -0.05) is 0 Å². The van der Waals surface area contributed by atoms with Crippen LogP contribution >= 0.6 is 0 Å². The van der Waals surface area contributed by atoms with Gasteiger partial charge in [0.2, 0.25) is 0 Å². The molecular weight excluding hydrogens is 255 g/mol. The van der Waals surface area contributed by atoms with Crippen LogP contribution in [0.5, 0.6) is 0 Å². The average molecular weight is 276 g/mol. The molecule has 1 aromatic carbocycles. The topological polar surface area (TPSA) is 32.3 Å². The number of hydrogen-bond donors (Lipinski definition) is 1. The van der Waals surface area contributed by atoms with E-state index in [1.165, 1.54) is 12.5 Å². The summed E-state index contributed by atoms with van der Waals surface area (Å²) in [5.74, 6) is -0.0169. The highest BCUT2D eigenvalue weighted by Crippen LogP contribution is 2.42. The highest BCUT2D eigenvalue weighted by molar-refractivity contribution is 5.94. The summed E-state index contributed by atoms with van der Waals surface area (Å²) in [7, 11) is 0. The first-order valence-corrected chi connectivity index (χ1v) is 7.41. The Labute approximate surface area is 119 Å². The van der Waals surface area contributed by atoms with E-state index in [0.717, 1.165) is 51.1 Å². The highest BCUT2D eigenvalue weighted by Gasteiger charge is 2.28. The maximum Gasteiger partial charge on any atom is 0.162 e. The molecule has 0 bridgehead atoms. The first-order valence-electron chi connectivity index (χ1n) is 7.41. The quantitative estimate of drug-likeness (QED) is 0.857. The molecule has 20 heavy (non-hydrogen) atoms. The molecule has 0 radical (unpaired) electrons. The molecule has 1 heterocycles. The first kappa shape index (κ1) is 13.7. The summed E-state index contributed by atoms with van der Waals surface area (Å²) in [6.45, 7) is 6.22. The molecule has 0 spiro atoms. The molecule has 1 N–H and O–H groups in total. The van der Waals surface area contributed by atoms with Crippen molar-refractivity contribution in [3.63, 3.8) is 0 Å². The molecule has 0 aromatic heterocycles. The third kappa shape index (κ3) is 2.91. The van der Waals surface area contributed by atoms with Crippen LogP contribution in [-0.2, 0) is 6.54 Å². The third-order valence-electron chi connectivity index (χ3n) is 4.23. The largest absolute Gasteiger partial charge is 0.314 e. The van der Waals surface area contributed by atoms with Gasteiger partial charge in [-0.05, 0) is 48.9 Å². The van der Waals surface area contributed by atoms with Crippen LogP contribution in [0.15, 0.2) is 12.1 Å². The highest BCUT2D eigenvalue weighted by atomic mass is 19.1. The van der Waals surface area contributed by atoms with E-state index in [0.29, 0.717) is 5.92 Å². The second kappa shape index (κ2) is 5.62. The van der Waals surface area contributed by atoms with Crippen molar-refractivity contribution >= 4 is 5.78 Å². The molecular formula is C16H21FN2O. The SMILES string of the molecule is CC(=O)c1cc(C2CC2)c(CN2CCNCC2)cc1F. The first-order chi connectivity index (χ1) is 9.65. The minimum Gasteiger partial charge on any atom is -0.314 e. The summed E-state index contributed by atoms with van der Waals surface area (Å²) in [4.78, 5) is 13.9. The lowest BCUT2D eigenvalue weighted by Gasteiger charge is -2.28. The molecule has 1 saturated heterocycles. The summed E-state index contributed by atoms with van der Waals surface area (Å²) >= 11 is 0. The van der Waals surface area contributed by atoms with Crippen LogP contribution in [-0.4, -0.2) is 36.9 Å². The molecule has 3 rings (SSSR count). The lowest BCUT2D eigenvalue weighted by atomic mass is 9.97. The molecule has 108 valence electrons. The second-order valence-corrected chi connectivity index (χ2v) is 5.89. The summed E-state index contributed by atoms with van der Waals surface area (Å²) in [5, 5.41) is 3.33. The van der Waals surface area contributed by atoms with Gasteiger partial charge in [0, 0.05) is 32.7 Å². The van der Waals surface area contributed by atoms with Gasteiger partial charge in [-0.25, -0.2) is 4.39 Å². The maximum absolute atomic E-state index is 14.1. The van der Waals surface area contributed by atoms with Crippen LogP contribution in [0.3, 0.4) is 0 Å². The minimum absolute atomic E-state index is 0.182. The lowest BCUT2D eigenvalue weighted by Crippen LogP contribution is -2.43. The predicted octanol–water partition coefficient (Wildman–Crippen LogP) is 2.31. The lowest BCUT2D eigenvalue weighted by molar-refractivity contribution is 0.101. The van der Waals surface area contributed by atoms with Gasteiger partial charge in [0.1, 0.15) is 5.82 Å². The number of nitrogens with zero attached hydrogens (tertiary/aromatic N) is 1. The van der Waals surface area contributed by atoms with Crippen molar-refractivity contribution in [3.8, 4) is 0 Å². The standard InChI is InChI=1S/C16H21FN2O/c1-11(20)14-9-15(12-2-3-12)13(8-16(14)17)10-19-6-4-18-5-7-19/h8-9,12,18H,2-7,10H2,1H3. The predicted molar refractivity (Wildman–Crippen MR) is 76.5 cm³/mol. The fourth-order valence-electron chi connectivity index (χ4n) is 2.92. The molecule has 0 unspecified atom stereocenters. The Kier molecular flexibility index (Phi) is 3.85. The van der Waals surface area contributed by atoms with Crippen molar-refractivity contribution in [1.82, 2.24) is 10.2 Å². The van der Waals surface area contributed by atoms with Crippen LogP contribution in [0.1, 0.15) is 47.2 Å². The number of ketones is 1. The van der Waals surface area contributed by atoms with Crippen molar-refractivity contribution in [1.29, 1.82) is 0 Å². The molecule has 1 saturated carbocycles. The Bertz CT molecular complexity index is 519. The van der Waals surface area contributed by atoms with Crippen LogP contribution in [0.4, 0.5) is 4.39 Å². The number of Topliss-reactive ketones (excluding diaryl/α,β-unsaturated/α-hetero) is 1. The van der Waals surface area contributed by atoms with Gasteiger partial charge in [-0.2, -0.15) is 0 Å². The minimum atomic E-state index is -0.368. The normalized spacial score (nSPS) is 20.1. The molecule has 2 aliphatic rings. The van der Waals surface area contributed by atoms with Crippen molar-refractivity contribution in [2.45, 2.75) is 32.2 Å². The summed E-state index contributed by atoms with van der Waals surface area (Å²) in [6.07, 6.45) is 2.33. The summed E-state index contributed by atoms with van der Waals surface area (Å²) in [6, 6.07) is 3.39. The van der Waals surface area contributed by atoms with Gasteiger partial charge >= 0.3 is 0 Å². The third-order valence-corrected chi connectivity index (χ3v) is 4.23. The molecule has 1 aliphatic carbocycles. The molecule has 4 heteroatoms. The van der Waals surface area contributed by atoms with E-state index in [1.54, 1.807) is 12.1 Å². The summed E-state index contributed by atoms with van der Waals surface area (Å²) < 4.78 is 14.1. The monoisotopic (exact) mass is 276 g/mol. The van der Waals surface area contributed by atoms with Gasteiger partial charge in [0.25, 0.3) is 0 Å². The van der Waals surface area contributed by atoms with Gasteiger partial charge in [0.15, 0.2) is 5.78 Å². The smallest absolute Gasteiger partial charge is 0.162 e. The number of rotatable bonds is 4. The Morgan fingerprint density at radius 3 is 2.65 bits per heavy atom. The Hall–Kier alpha value is -1.26. The van der Waals surface area contributed by atoms with E-state index in [2.05, 4.69) is 10.2 Å². The molecule has 2 fully saturated rings. The molecule has 3 nitrogen and oxygen atoms in total. The number of carbonyl (C=O) groups excluding carboxylic acids is 1. The van der Waals surface area contributed by atoms with Crippen molar-refractivity contribution < 1.29 is 9.18 Å². The van der Waals surface area contributed by atoms with E-state index in [1.807, 2.05) is 0 Å². The van der Waals surface area contributed by atoms with Gasteiger partial charge in [-0.3, -0.25) is 9.69 Å². The van der Waals surface area contributed by atoms with E-state index in [4.69, 9.17) is 0 Å². The zero-order chi connectivity index (χ0) is 14.1. The number of halogens is 1. The van der Waals surface area contributed by atoms with Crippen LogP contribution in [0.25, 0.3) is 0 Å². The fraction of sp³-hybridized carbons (Fsp3) is 0.562. The van der Waals surface area contributed by atoms with Gasteiger partial charge in [0.05, 0.1) is 5.56 Å². The van der Waals surface area contributed by atoms with Gasteiger partial charge < -0.3 is 5.32 Å². The average Bonchev–Trinajstić information content (AvgIpc) is 3.24. The van der Waals surface area contributed by atoms with Crippen LogP contribution in [0.2, 0.25) is 0 Å². The Morgan fingerprint density at radius 2 is 2.05 bits per heavy atom. The number of piperazine rings is 1. The number of hydrogen-bond acceptors (Lipinski definition) is 3. The zero-order valence-corrected chi connectivity index (χ0v) is 11.9. The Balaban J connectivity index is 1.88. The molecule has 0 atom stereocenters. The van der Waals surface area contributed by atoms with Gasteiger partial charge in [-0.15, -0.1) is 0 Å². The summed E-state index contributed by atoms with van der Waals surface area (Å²) in [5.41, 5.74) is 2.50. The van der Waals surface area contributed by atoms with Crippen LogP contribution in [0, 0.1) is 5.82 Å².